The van der Waals surface area contributed by atoms with Gasteiger partial charge in [0.2, 0.25) is 15.9 Å². The van der Waals surface area contributed by atoms with E-state index in [2.05, 4.69) is 19.6 Å². The average molecular weight is 310 g/mol. The summed E-state index contributed by atoms with van der Waals surface area (Å²) in [6.07, 6.45) is 6.57. The second kappa shape index (κ2) is 5.78. The highest BCUT2D eigenvalue weighted by Gasteiger charge is 2.32. The Morgan fingerprint density at radius 2 is 2.33 bits per heavy atom. The Balaban J connectivity index is 1.71. The summed E-state index contributed by atoms with van der Waals surface area (Å²) in [6, 6.07) is 1.65. The average Bonchev–Trinajstić information content (AvgIpc) is 3.04. The van der Waals surface area contributed by atoms with Crippen LogP contribution in [0.4, 0.5) is 0 Å². The minimum Gasteiger partial charge on any atom is -0.473 e. The minimum atomic E-state index is -3.58. The van der Waals surface area contributed by atoms with Gasteiger partial charge in [-0.1, -0.05) is 5.16 Å². The normalized spacial score (nSPS) is 20.3. The molecule has 1 aliphatic rings. The molecule has 1 fully saturated rings. The first-order valence-electron chi connectivity index (χ1n) is 6.48. The molecule has 8 nitrogen and oxygen atoms in total. The quantitative estimate of drug-likeness (QED) is 0.819. The molecular formula is C12H14N4O4S. The van der Waals surface area contributed by atoms with Gasteiger partial charge in [0.25, 0.3) is 0 Å². The third kappa shape index (κ3) is 3.03. The van der Waals surface area contributed by atoms with Crippen molar-refractivity contribution in [2.45, 2.75) is 23.8 Å². The van der Waals surface area contributed by atoms with E-state index in [1.54, 1.807) is 12.3 Å². The maximum atomic E-state index is 12.4. The van der Waals surface area contributed by atoms with Crippen LogP contribution in [-0.4, -0.2) is 47.0 Å². The van der Waals surface area contributed by atoms with Crippen molar-refractivity contribution in [3.8, 4) is 5.88 Å². The van der Waals surface area contributed by atoms with Crippen LogP contribution in [0.5, 0.6) is 5.88 Å². The zero-order chi connectivity index (χ0) is 14.7. The van der Waals surface area contributed by atoms with E-state index in [1.165, 1.54) is 16.8 Å². The van der Waals surface area contributed by atoms with Crippen LogP contribution in [0.25, 0.3) is 0 Å². The Kier molecular flexibility index (Phi) is 3.84. The molecule has 0 N–H and O–H groups in total. The van der Waals surface area contributed by atoms with E-state index < -0.39 is 10.0 Å². The summed E-state index contributed by atoms with van der Waals surface area (Å²) in [4.78, 5) is 7.86. The summed E-state index contributed by atoms with van der Waals surface area (Å²) in [5, 5.41) is 3.44. The Hall–Kier alpha value is -2.00. The van der Waals surface area contributed by atoms with Gasteiger partial charge in [-0.3, -0.25) is 0 Å². The van der Waals surface area contributed by atoms with Gasteiger partial charge in [0.05, 0.1) is 12.7 Å². The van der Waals surface area contributed by atoms with Crippen molar-refractivity contribution in [1.82, 2.24) is 19.4 Å². The van der Waals surface area contributed by atoms with Gasteiger partial charge in [-0.25, -0.2) is 18.4 Å². The molecule has 1 aliphatic heterocycles. The van der Waals surface area contributed by atoms with Crippen molar-refractivity contribution in [3.05, 3.63) is 31.1 Å². The van der Waals surface area contributed by atoms with Crippen molar-refractivity contribution in [2.75, 3.05) is 13.1 Å². The Bertz CT molecular complexity index is 675. The van der Waals surface area contributed by atoms with Crippen molar-refractivity contribution in [1.29, 1.82) is 0 Å². The van der Waals surface area contributed by atoms with Crippen LogP contribution < -0.4 is 4.74 Å². The molecule has 0 aromatic carbocycles. The number of sulfonamides is 1. The number of hydrogen-bond donors (Lipinski definition) is 0. The van der Waals surface area contributed by atoms with Crippen molar-refractivity contribution in [2.24, 2.45) is 0 Å². The molecule has 2 aromatic heterocycles. The highest BCUT2D eigenvalue weighted by molar-refractivity contribution is 7.89. The van der Waals surface area contributed by atoms with Gasteiger partial charge in [0, 0.05) is 18.8 Å². The van der Waals surface area contributed by atoms with Crippen LogP contribution in [0.15, 0.2) is 40.5 Å². The molecular weight excluding hydrogens is 296 g/mol. The summed E-state index contributed by atoms with van der Waals surface area (Å²) < 4.78 is 36.5. The second-order valence-electron chi connectivity index (χ2n) is 4.65. The number of hydrogen-bond acceptors (Lipinski definition) is 7. The molecule has 0 amide bonds. The van der Waals surface area contributed by atoms with E-state index >= 15 is 0 Å². The summed E-state index contributed by atoms with van der Waals surface area (Å²) in [5.74, 6) is 0.444. The van der Waals surface area contributed by atoms with Crippen molar-refractivity contribution >= 4 is 10.0 Å². The van der Waals surface area contributed by atoms with Gasteiger partial charge < -0.3 is 9.26 Å². The Morgan fingerprint density at radius 3 is 3.05 bits per heavy atom. The van der Waals surface area contributed by atoms with Crippen LogP contribution in [0.3, 0.4) is 0 Å². The lowest BCUT2D eigenvalue weighted by atomic mass is 10.1. The van der Waals surface area contributed by atoms with Crippen LogP contribution in [0.1, 0.15) is 12.8 Å². The molecule has 0 aliphatic carbocycles. The lowest BCUT2D eigenvalue weighted by Gasteiger charge is -2.31. The van der Waals surface area contributed by atoms with Crippen molar-refractivity contribution < 1.29 is 17.7 Å². The van der Waals surface area contributed by atoms with Crippen LogP contribution in [0, 0.1) is 0 Å². The van der Waals surface area contributed by atoms with Crippen LogP contribution >= 0.6 is 0 Å². The summed E-state index contributed by atoms with van der Waals surface area (Å²) in [5.41, 5.74) is 0. The van der Waals surface area contributed by atoms with Gasteiger partial charge in [0.1, 0.15) is 23.6 Å². The van der Waals surface area contributed by atoms with Gasteiger partial charge in [-0.2, -0.15) is 4.31 Å². The molecule has 1 unspecified atom stereocenters. The molecule has 1 saturated heterocycles. The number of aromatic nitrogens is 3. The molecule has 21 heavy (non-hydrogen) atoms. The highest BCUT2D eigenvalue weighted by atomic mass is 32.2. The topological polar surface area (TPSA) is 98.4 Å². The van der Waals surface area contributed by atoms with Gasteiger partial charge in [-0.15, -0.1) is 0 Å². The molecule has 3 heterocycles. The summed E-state index contributed by atoms with van der Waals surface area (Å²) in [7, 11) is -3.58. The molecule has 2 aromatic rings. The smallest absolute Gasteiger partial charge is 0.248 e. The minimum absolute atomic E-state index is 0.0604. The first-order chi connectivity index (χ1) is 10.2. The largest absolute Gasteiger partial charge is 0.473 e. The van der Waals surface area contributed by atoms with E-state index in [0.29, 0.717) is 12.4 Å². The van der Waals surface area contributed by atoms with Crippen LogP contribution in [0.2, 0.25) is 0 Å². The van der Waals surface area contributed by atoms with E-state index in [4.69, 9.17) is 4.74 Å². The fraction of sp³-hybridized carbons (Fsp3) is 0.417. The maximum Gasteiger partial charge on any atom is 0.248 e. The fourth-order valence-electron chi connectivity index (χ4n) is 2.21. The van der Waals surface area contributed by atoms with Crippen LogP contribution in [-0.2, 0) is 10.0 Å². The molecule has 1 atom stereocenters. The standard InChI is InChI=1S/C12H14N4O4S/c17-21(18,11-6-15-19-8-11)16-5-1-2-10(7-16)20-12-3-4-13-9-14-12/h3-4,6,8-10H,1-2,5,7H2. The third-order valence-electron chi connectivity index (χ3n) is 3.23. The van der Waals surface area contributed by atoms with E-state index in [1.807, 2.05) is 0 Å². The predicted octanol–water partition coefficient (Wildman–Crippen LogP) is 0.697. The number of nitrogens with zero attached hydrogens (tertiary/aromatic N) is 4. The lowest BCUT2D eigenvalue weighted by Crippen LogP contribution is -2.44. The SMILES string of the molecule is O=S(=O)(c1cnoc1)N1CCCC(Oc2ccncn2)C1. The van der Waals surface area contributed by atoms with Crippen molar-refractivity contribution in [3.63, 3.8) is 0 Å². The van der Waals surface area contributed by atoms with E-state index in [-0.39, 0.29) is 17.5 Å². The fourth-order valence-corrected chi connectivity index (χ4v) is 3.58. The molecule has 112 valence electrons. The third-order valence-corrected chi connectivity index (χ3v) is 5.04. The van der Waals surface area contributed by atoms with Gasteiger partial charge in [-0.05, 0) is 12.8 Å². The Labute approximate surface area is 121 Å². The zero-order valence-corrected chi connectivity index (χ0v) is 11.9. The zero-order valence-electron chi connectivity index (χ0n) is 11.1. The number of ether oxygens (including phenoxy) is 1. The van der Waals surface area contributed by atoms with E-state index in [0.717, 1.165) is 19.1 Å². The second-order valence-corrected chi connectivity index (χ2v) is 6.59. The predicted molar refractivity (Wildman–Crippen MR) is 70.9 cm³/mol. The maximum absolute atomic E-state index is 12.4. The van der Waals surface area contributed by atoms with E-state index in [9.17, 15) is 8.42 Å². The molecule has 0 spiro atoms. The van der Waals surface area contributed by atoms with Gasteiger partial charge in [0.15, 0.2) is 0 Å². The molecule has 0 saturated carbocycles. The number of rotatable bonds is 4. The first-order valence-corrected chi connectivity index (χ1v) is 7.92. The number of piperidine rings is 1. The summed E-state index contributed by atoms with van der Waals surface area (Å²) >= 11 is 0. The molecule has 0 bridgehead atoms. The molecule has 9 heteroatoms. The summed E-state index contributed by atoms with van der Waals surface area (Å²) in [6.45, 7) is 0.731. The Morgan fingerprint density at radius 1 is 1.43 bits per heavy atom. The molecule has 0 radical (unpaired) electrons. The monoisotopic (exact) mass is 310 g/mol. The highest BCUT2D eigenvalue weighted by Crippen LogP contribution is 2.22. The molecule has 3 rings (SSSR count). The van der Waals surface area contributed by atoms with Gasteiger partial charge >= 0.3 is 0 Å². The first kappa shape index (κ1) is 14.0. The lowest BCUT2D eigenvalue weighted by molar-refractivity contribution is 0.124.